The number of hydrogen-bond acceptors (Lipinski definition) is 4. The molecular weight excluding hydrogens is 469 g/mol. The van der Waals surface area contributed by atoms with Gasteiger partial charge < -0.3 is 20.7 Å². The molecule has 1 unspecified atom stereocenters. The predicted octanol–water partition coefficient (Wildman–Crippen LogP) is 5.33. The minimum atomic E-state index is -0.195. The molecule has 5 rings (SSSR count). The maximum Gasteiger partial charge on any atom is 0.147 e. The Hall–Kier alpha value is -1.21. The summed E-state index contributed by atoms with van der Waals surface area (Å²) in [7, 11) is 0. The number of benzene rings is 1. The van der Waals surface area contributed by atoms with E-state index < -0.39 is 0 Å². The third-order valence-electron chi connectivity index (χ3n) is 7.75. The smallest absolute Gasteiger partial charge is 0.147 e. The highest BCUT2D eigenvalue weighted by Crippen LogP contribution is 2.49. The monoisotopic (exact) mass is 503 g/mol. The Balaban J connectivity index is 1.26. The van der Waals surface area contributed by atoms with Crippen molar-refractivity contribution >= 4 is 21.6 Å². The summed E-state index contributed by atoms with van der Waals surface area (Å²) in [6.07, 6.45) is 15.8. The highest BCUT2D eigenvalue weighted by molar-refractivity contribution is 9.10. The van der Waals surface area contributed by atoms with Crippen molar-refractivity contribution in [3.63, 3.8) is 0 Å². The fraction of sp³-hybridized carbons (Fsp3) is 0.615. The van der Waals surface area contributed by atoms with Crippen LogP contribution in [0.15, 0.2) is 40.9 Å². The number of fused-ring (bicyclic) bond motifs is 3. The van der Waals surface area contributed by atoms with Crippen molar-refractivity contribution in [1.29, 1.82) is 0 Å². The van der Waals surface area contributed by atoms with Crippen LogP contribution in [0.4, 0.5) is 10.1 Å². The van der Waals surface area contributed by atoms with E-state index in [9.17, 15) is 4.39 Å². The summed E-state index contributed by atoms with van der Waals surface area (Å²) in [5.74, 6) is 1.37. The lowest BCUT2D eigenvalue weighted by Crippen LogP contribution is -2.48. The first-order valence-electron chi connectivity index (χ1n) is 12.3. The quantitative estimate of drug-likeness (QED) is 0.459. The number of rotatable bonds is 6. The molecule has 4 nitrogen and oxygen atoms in total. The lowest BCUT2D eigenvalue weighted by atomic mass is 9.73. The molecule has 3 N–H and O–H groups in total. The first-order chi connectivity index (χ1) is 15.7. The molecular formula is C26H35BrFN3O. The van der Waals surface area contributed by atoms with Crippen molar-refractivity contribution in [2.24, 2.45) is 17.8 Å². The van der Waals surface area contributed by atoms with Crippen molar-refractivity contribution in [3.05, 3.63) is 52.3 Å². The number of anilines is 1. The summed E-state index contributed by atoms with van der Waals surface area (Å²) in [6.45, 7) is 4.25. The average molecular weight is 504 g/mol. The van der Waals surface area contributed by atoms with Crippen LogP contribution in [-0.4, -0.2) is 38.3 Å². The van der Waals surface area contributed by atoms with Crippen LogP contribution >= 0.6 is 15.9 Å². The van der Waals surface area contributed by atoms with E-state index in [2.05, 4.69) is 56.2 Å². The minimum Gasteiger partial charge on any atom is -0.379 e. The molecule has 0 saturated carbocycles. The Bertz CT molecular complexity index is 854. The van der Waals surface area contributed by atoms with Gasteiger partial charge in [0.1, 0.15) is 5.82 Å². The van der Waals surface area contributed by atoms with E-state index >= 15 is 0 Å². The fourth-order valence-electron chi connectivity index (χ4n) is 6.00. The molecule has 3 heterocycles. The van der Waals surface area contributed by atoms with E-state index in [1.54, 1.807) is 6.07 Å². The Labute approximate surface area is 199 Å². The van der Waals surface area contributed by atoms with Crippen LogP contribution in [0.5, 0.6) is 0 Å². The molecule has 3 aliphatic heterocycles. The second-order valence-electron chi connectivity index (χ2n) is 9.84. The van der Waals surface area contributed by atoms with Crippen molar-refractivity contribution in [3.8, 4) is 0 Å². The van der Waals surface area contributed by atoms with Gasteiger partial charge in [-0.05, 0) is 76.2 Å². The van der Waals surface area contributed by atoms with E-state index in [1.807, 2.05) is 6.07 Å². The van der Waals surface area contributed by atoms with Gasteiger partial charge in [-0.3, -0.25) is 0 Å². The van der Waals surface area contributed by atoms with Crippen LogP contribution in [0.25, 0.3) is 0 Å². The van der Waals surface area contributed by atoms with Gasteiger partial charge in [-0.2, -0.15) is 0 Å². The van der Waals surface area contributed by atoms with E-state index in [0.29, 0.717) is 17.5 Å². The zero-order chi connectivity index (χ0) is 21.9. The Morgan fingerprint density at radius 2 is 2.00 bits per heavy atom. The van der Waals surface area contributed by atoms with Crippen LogP contribution < -0.4 is 16.0 Å². The van der Waals surface area contributed by atoms with Crippen molar-refractivity contribution in [2.45, 2.75) is 56.8 Å². The Morgan fingerprint density at radius 3 is 2.81 bits per heavy atom. The van der Waals surface area contributed by atoms with Crippen molar-refractivity contribution < 1.29 is 9.13 Å². The van der Waals surface area contributed by atoms with Gasteiger partial charge in [-0.15, -0.1) is 0 Å². The number of halogens is 2. The van der Waals surface area contributed by atoms with Crippen LogP contribution in [0, 0.1) is 23.6 Å². The molecule has 1 aromatic carbocycles. The van der Waals surface area contributed by atoms with Gasteiger partial charge in [-0.25, -0.2) is 4.39 Å². The van der Waals surface area contributed by atoms with E-state index in [4.69, 9.17) is 4.74 Å². The van der Waals surface area contributed by atoms with Gasteiger partial charge in [-0.1, -0.05) is 40.2 Å². The fourth-order valence-corrected chi connectivity index (χ4v) is 6.45. The molecule has 6 heteroatoms. The number of nitrogens with one attached hydrogen (secondary N) is 3. The number of allylic oxidation sites excluding steroid dienone is 3. The zero-order valence-corrected chi connectivity index (χ0v) is 20.2. The maximum atomic E-state index is 15.0. The third-order valence-corrected chi connectivity index (χ3v) is 8.21. The second-order valence-corrected chi connectivity index (χ2v) is 10.8. The van der Waals surface area contributed by atoms with Crippen LogP contribution in [-0.2, 0) is 4.74 Å². The number of hydrogen-bond donors (Lipinski definition) is 3. The van der Waals surface area contributed by atoms with Crippen LogP contribution in [0.3, 0.4) is 0 Å². The van der Waals surface area contributed by atoms with Gasteiger partial charge in [0, 0.05) is 34.5 Å². The van der Waals surface area contributed by atoms with Crippen molar-refractivity contribution in [2.75, 3.05) is 31.5 Å². The predicted molar refractivity (Wildman–Crippen MR) is 131 cm³/mol. The molecule has 4 aliphatic rings. The molecule has 1 aliphatic carbocycles. The summed E-state index contributed by atoms with van der Waals surface area (Å²) in [5, 5.41) is 10.7. The molecule has 0 radical (unpaired) electrons. The maximum absolute atomic E-state index is 15.0. The zero-order valence-electron chi connectivity index (χ0n) is 18.7. The van der Waals surface area contributed by atoms with Crippen LogP contribution in [0.1, 0.15) is 50.2 Å². The third kappa shape index (κ3) is 4.98. The molecule has 0 amide bonds. The SMILES string of the molecule is Fc1cc(Br)cc2c1N[C@@H](C1C=CC=CC1)[C@@H]1CC[C@H](CNCCC3CCNCC3)O[C@H]21. The van der Waals surface area contributed by atoms with Gasteiger partial charge in [0.25, 0.3) is 0 Å². The summed E-state index contributed by atoms with van der Waals surface area (Å²) in [6, 6.07) is 3.80. The second kappa shape index (κ2) is 10.4. The van der Waals surface area contributed by atoms with E-state index in [-0.39, 0.29) is 24.1 Å². The first kappa shape index (κ1) is 22.6. The standard InChI is InChI=1S/C26H35BrFN3O/c27-19-14-22-25(23(28)15-19)31-24(18-4-2-1-3-5-18)21-7-6-20(32-26(21)22)16-30-13-10-17-8-11-29-12-9-17/h1-4,14-15,17-18,20-21,24,26,29-31H,5-13,16H2/t18?,20-,21+,24+,26+/m1/s1. The molecule has 0 aromatic heterocycles. The largest absolute Gasteiger partial charge is 0.379 e. The van der Waals surface area contributed by atoms with Gasteiger partial charge in [0.2, 0.25) is 0 Å². The Morgan fingerprint density at radius 1 is 1.12 bits per heavy atom. The normalized spacial score (nSPS) is 32.2. The molecule has 1 aromatic rings. The molecule has 2 fully saturated rings. The highest BCUT2D eigenvalue weighted by Gasteiger charge is 2.44. The lowest BCUT2D eigenvalue weighted by molar-refractivity contribution is -0.0941. The van der Waals surface area contributed by atoms with Gasteiger partial charge in [0.05, 0.1) is 17.9 Å². The summed E-state index contributed by atoms with van der Waals surface area (Å²) < 4.78 is 22.4. The van der Waals surface area contributed by atoms with Gasteiger partial charge in [0.15, 0.2) is 0 Å². The molecule has 0 spiro atoms. The van der Waals surface area contributed by atoms with E-state index in [1.165, 1.54) is 19.3 Å². The Kier molecular flexibility index (Phi) is 7.32. The summed E-state index contributed by atoms with van der Waals surface area (Å²) in [5.41, 5.74) is 1.59. The van der Waals surface area contributed by atoms with Crippen LogP contribution in [0.2, 0.25) is 0 Å². The molecule has 0 bridgehead atoms. The number of ether oxygens (including phenoxy) is 1. The minimum absolute atomic E-state index is 0.0625. The molecule has 5 atom stereocenters. The highest BCUT2D eigenvalue weighted by atomic mass is 79.9. The molecule has 32 heavy (non-hydrogen) atoms. The molecule has 2 saturated heterocycles. The van der Waals surface area contributed by atoms with Crippen molar-refractivity contribution in [1.82, 2.24) is 10.6 Å². The number of piperidine rings is 1. The topological polar surface area (TPSA) is 45.3 Å². The first-order valence-corrected chi connectivity index (χ1v) is 13.1. The summed E-state index contributed by atoms with van der Waals surface area (Å²) >= 11 is 3.49. The van der Waals surface area contributed by atoms with E-state index in [0.717, 1.165) is 61.4 Å². The van der Waals surface area contributed by atoms with Gasteiger partial charge >= 0.3 is 0 Å². The summed E-state index contributed by atoms with van der Waals surface area (Å²) in [4.78, 5) is 0. The lowest BCUT2D eigenvalue weighted by Gasteiger charge is -2.47. The average Bonchev–Trinajstić information content (AvgIpc) is 2.83. The molecule has 174 valence electrons.